The Labute approximate surface area is 153 Å². The number of hydrogen-bond donors (Lipinski definition) is 2. The minimum absolute atomic E-state index is 0.197. The molecule has 5 nitrogen and oxygen atoms in total. The number of anilines is 3. The molecule has 7 heteroatoms. The van der Waals surface area contributed by atoms with Gasteiger partial charge < -0.3 is 15.8 Å². The van der Waals surface area contributed by atoms with Crippen LogP contribution in [0.25, 0.3) is 0 Å². The van der Waals surface area contributed by atoms with Crippen LogP contribution in [0.15, 0.2) is 47.2 Å². The summed E-state index contributed by atoms with van der Waals surface area (Å²) >= 11 is 3.22. The molecule has 0 spiro atoms. The lowest BCUT2D eigenvalue weighted by Gasteiger charge is -2.13. The van der Waals surface area contributed by atoms with Crippen molar-refractivity contribution in [1.82, 2.24) is 9.97 Å². The lowest BCUT2D eigenvalue weighted by molar-refractivity contribution is 0.464. The topological polar surface area (TPSA) is 73.1 Å². The van der Waals surface area contributed by atoms with Crippen molar-refractivity contribution in [2.24, 2.45) is 0 Å². The second-order valence-electron chi connectivity index (χ2n) is 5.54. The molecule has 128 valence electrons. The highest BCUT2D eigenvalue weighted by Gasteiger charge is 2.13. The van der Waals surface area contributed by atoms with Crippen LogP contribution in [0.3, 0.4) is 0 Å². The summed E-state index contributed by atoms with van der Waals surface area (Å²) in [6.07, 6.45) is 1.31. The van der Waals surface area contributed by atoms with Crippen LogP contribution in [0.1, 0.15) is 11.1 Å². The molecule has 0 saturated carbocycles. The summed E-state index contributed by atoms with van der Waals surface area (Å²) in [4.78, 5) is 8.13. The van der Waals surface area contributed by atoms with Gasteiger partial charge in [0.25, 0.3) is 0 Å². The number of nitrogens with zero attached hydrogens (tertiary/aromatic N) is 2. The summed E-state index contributed by atoms with van der Waals surface area (Å²) in [7, 11) is 0. The van der Waals surface area contributed by atoms with Gasteiger partial charge in [-0.25, -0.2) is 9.37 Å². The average molecular weight is 403 g/mol. The summed E-state index contributed by atoms with van der Waals surface area (Å²) in [6, 6.07) is 10.4. The predicted octanol–water partition coefficient (Wildman–Crippen LogP) is 5.11. The lowest BCUT2D eigenvalue weighted by Crippen LogP contribution is -2.04. The molecule has 0 aliphatic carbocycles. The van der Waals surface area contributed by atoms with Gasteiger partial charge in [0, 0.05) is 4.47 Å². The van der Waals surface area contributed by atoms with E-state index >= 15 is 0 Å². The van der Waals surface area contributed by atoms with Gasteiger partial charge in [0.05, 0.1) is 5.69 Å². The fourth-order valence-electron chi connectivity index (χ4n) is 2.17. The molecule has 1 heterocycles. The maximum absolute atomic E-state index is 14.0. The summed E-state index contributed by atoms with van der Waals surface area (Å²) < 4.78 is 20.4. The summed E-state index contributed by atoms with van der Waals surface area (Å²) in [6.45, 7) is 4.02. The highest BCUT2D eigenvalue weighted by atomic mass is 79.9. The van der Waals surface area contributed by atoms with Crippen molar-refractivity contribution in [1.29, 1.82) is 0 Å². The molecule has 0 atom stereocenters. The van der Waals surface area contributed by atoms with Gasteiger partial charge in [-0.05, 0) is 55.3 Å². The normalized spacial score (nSPS) is 10.6. The largest absolute Gasteiger partial charge is 0.437 e. The van der Waals surface area contributed by atoms with Gasteiger partial charge in [0.15, 0.2) is 5.82 Å². The molecule has 25 heavy (non-hydrogen) atoms. The van der Waals surface area contributed by atoms with Crippen molar-refractivity contribution in [2.45, 2.75) is 13.8 Å². The summed E-state index contributed by atoms with van der Waals surface area (Å²) in [5.41, 5.74) is 8.80. The smallest absolute Gasteiger partial charge is 0.248 e. The number of benzene rings is 2. The van der Waals surface area contributed by atoms with E-state index in [1.54, 1.807) is 12.1 Å². The van der Waals surface area contributed by atoms with Gasteiger partial charge in [-0.1, -0.05) is 22.0 Å². The number of nitrogen functional groups attached to an aromatic ring is 1. The van der Waals surface area contributed by atoms with Crippen LogP contribution in [-0.2, 0) is 0 Å². The van der Waals surface area contributed by atoms with E-state index in [2.05, 4.69) is 31.2 Å². The average Bonchev–Trinajstić information content (AvgIpc) is 2.57. The molecule has 0 aliphatic rings. The molecule has 0 aliphatic heterocycles. The third-order valence-electron chi connectivity index (χ3n) is 3.72. The van der Waals surface area contributed by atoms with Crippen molar-refractivity contribution in [2.75, 3.05) is 11.1 Å². The Morgan fingerprint density at radius 3 is 2.60 bits per heavy atom. The molecule has 0 fully saturated rings. The van der Waals surface area contributed by atoms with Crippen LogP contribution in [-0.4, -0.2) is 9.97 Å². The summed E-state index contributed by atoms with van der Waals surface area (Å²) in [5.74, 6) is 0.673. The van der Waals surface area contributed by atoms with E-state index in [4.69, 9.17) is 10.5 Å². The highest BCUT2D eigenvalue weighted by Crippen LogP contribution is 2.32. The number of hydrogen-bond acceptors (Lipinski definition) is 5. The third kappa shape index (κ3) is 3.88. The van der Waals surface area contributed by atoms with E-state index in [0.717, 1.165) is 11.1 Å². The van der Waals surface area contributed by atoms with Gasteiger partial charge in [0.2, 0.25) is 5.88 Å². The zero-order valence-corrected chi connectivity index (χ0v) is 15.3. The molecule has 0 saturated heterocycles. The first-order valence-electron chi connectivity index (χ1n) is 7.51. The Bertz CT molecular complexity index is 933. The second-order valence-corrected chi connectivity index (χ2v) is 6.45. The van der Waals surface area contributed by atoms with Crippen molar-refractivity contribution in [3.05, 3.63) is 64.1 Å². The highest BCUT2D eigenvalue weighted by molar-refractivity contribution is 9.10. The molecule has 3 aromatic rings. The minimum Gasteiger partial charge on any atom is -0.437 e. The first-order valence-corrected chi connectivity index (χ1v) is 8.31. The summed E-state index contributed by atoms with van der Waals surface area (Å²) in [5, 5.41) is 2.86. The number of aryl methyl sites for hydroxylation is 2. The van der Waals surface area contributed by atoms with Crippen molar-refractivity contribution in [3.63, 3.8) is 0 Å². The molecular formula is C18H16BrFN4O. The molecule has 2 aromatic carbocycles. The van der Waals surface area contributed by atoms with E-state index in [9.17, 15) is 4.39 Å². The van der Waals surface area contributed by atoms with Crippen LogP contribution in [0.5, 0.6) is 11.6 Å². The van der Waals surface area contributed by atoms with E-state index in [1.807, 2.05) is 32.0 Å². The number of aromatic nitrogens is 2. The first-order chi connectivity index (χ1) is 11.9. The quantitative estimate of drug-likeness (QED) is 0.633. The number of nitrogens with two attached hydrogens (primary N) is 1. The van der Waals surface area contributed by atoms with E-state index in [1.165, 1.54) is 12.4 Å². The minimum atomic E-state index is -0.427. The molecule has 0 radical (unpaired) electrons. The van der Waals surface area contributed by atoms with E-state index in [-0.39, 0.29) is 23.1 Å². The molecular weight excluding hydrogens is 387 g/mol. The third-order valence-corrected chi connectivity index (χ3v) is 4.22. The maximum Gasteiger partial charge on any atom is 0.248 e. The van der Waals surface area contributed by atoms with Gasteiger partial charge in [0.1, 0.15) is 23.6 Å². The van der Waals surface area contributed by atoms with Gasteiger partial charge in [-0.2, -0.15) is 4.98 Å². The van der Waals surface area contributed by atoms with E-state index in [0.29, 0.717) is 10.2 Å². The number of rotatable bonds is 4. The van der Waals surface area contributed by atoms with Crippen LogP contribution >= 0.6 is 15.9 Å². The van der Waals surface area contributed by atoms with Crippen LogP contribution in [0.2, 0.25) is 0 Å². The number of halogens is 2. The maximum atomic E-state index is 14.0. The Hall–Kier alpha value is -2.67. The SMILES string of the molecule is Cc1ccc(Oc2ncnc(Nc3ccc(Br)cc3F)c2N)cc1C. The van der Waals surface area contributed by atoms with Gasteiger partial charge >= 0.3 is 0 Å². The van der Waals surface area contributed by atoms with Gasteiger partial charge in [-0.3, -0.25) is 0 Å². The van der Waals surface area contributed by atoms with Gasteiger partial charge in [-0.15, -0.1) is 0 Å². The number of ether oxygens (including phenoxy) is 1. The second kappa shape index (κ2) is 7.06. The molecule has 0 bridgehead atoms. The zero-order valence-electron chi connectivity index (χ0n) is 13.7. The Balaban J connectivity index is 1.87. The zero-order chi connectivity index (χ0) is 18.0. The van der Waals surface area contributed by atoms with Crippen LogP contribution in [0, 0.1) is 19.7 Å². The van der Waals surface area contributed by atoms with Crippen LogP contribution in [0.4, 0.5) is 21.6 Å². The van der Waals surface area contributed by atoms with Crippen molar-refractivity contribution >= 4 is 33.1 Å². The lowest BCUT2D eigenvalue weighted by atomic mass is 10.1. The molecule has 1 aromatic heterocycles. The first kappa shape index (κ1) is 17.2. The fraction of sp³-hybridized carbons (Fsp3) is 0.111. The fourth-order valence-corrected chi connectivity index (χ4v) is 2.50. The Kier molecular flexibility index (Phi) is 4.85. The Morgan fingerprint density at radius 1 is 1.08 bits per heavy atom. The number of nitrogens with one attached hydrogen (secondary N) is 1. The van der Waals surface area contributed by atoms with Crippen molar-refractivity contribution in [3.8, 4) is 11.6 Å². The van der Waals surface area contributed by atoms with E-state index < -0.39 is 5.82 Å². The molecule has 3 N–H and O–H groups in total. The Morgan fingerprint density at radius 2 is 1.88 bits per heavy atom. The van der Waals surface area contributed by atoms with Crippen LogP contribution < -0.4 is 15.8 Å². The predicted molar refractivity (Wildman–Crippen MR) is 99.8 cm³/mol. The molecule has 0 amide bonds. The standard InChI is InChI=1S/C18H16BrFN4O/c1-10-3-5-13(7-11(10)2)25-18-16(21)17(22-9-23-18)24-15-6-4-12(19)8-14(15)20/h3-9H,21H2,1-2H3,(H,22,23,24). The van der Waals surface area contributed by atoms with Crippen molar-refractivity contribution < 1.29 is 9.13 Å². The molecule has 0 unspecified atom stereocenters. The monoisotopic (exact) mass is 402 g/mol. The molecule has 3 rings (SSSR count).